The fourth-order valence-electron chi connectivity index (χ4n) is 1.57. The van der Waals surface area contributed by atoms with Crippen LogP contribution >= 0.6 is 0 Å². The third kappa shape index (κ3) is 2.70. The van der Waals surface area contributed by atoms with Crippen molar-refractivity contribution in [2.24, 2.45) is 0 Å². The minimum absolute atomic E-state index is 0.0136. The Balaban J connectivity index is 2.22. The number of nitrogens with zero attached hydrogens (tertiary/aromatic N) is 3. The average molecular weight is 299 g/mol. The number of carboxylic acids is 1. The number of carbonyl (C=O) groups is 1. The van der Waals surface area contributed by atoms with E-state index in [0.29, 0.717) is 11.6 Å². The van der Waals surface area contributed by atoms with Gasteiger partial charge in [0.05, 0.1) is 6.54 Å². The maximum atomic E-state index is 12.2. The highest BCUT2D eigenvalue weighted by molar-refractivity contribution is 7.89. The molecule has 0 aliphatic heterocycles. The van der Waals surface area contributed by atoms with Crippen molar-refractivity contribution in [1.82, 2.24) is 24.5 Å². The predicted molar refractivity (Wildman–Crippen MR) is 67.5 cm³/mol. The number of aromatic carboxylic acids is 1. The van der Waals surface area contributed by atoms with Crippen LogP contribution in [0.3, 0.4) is 0 Å². The van der Waals surface area contributed by atoms with Gasteiger partial charge < -0.3 is 10.1 Å². The predicted octanol–water partition coefficient (Wildman–Crippen LogP) is -0.0399. The molecule has 0 bridgehead atoms. The second kappa shape index (κ2) is 5.06. The molecule has 0 fully saturated rings. The van der Waals surface area contributed by atoms with Gasteiger partial charge in [-0.2, -0.15) is 9.40 Å². The minimum Gasteiger partial charge on any atom is -0.477 e. The SMILES string of the molecule is Cc1nc(CN(C)S(=O)(=O)c2c[nH]c(C(=O)O)c2)n[nH]1. The summed E-state index contributed by atoms with van der Waals surface area (Å²) in [5.41, 5.74) is -0.189. The van der Waals surface area contributed by atoms with Gasteiger partial charge in [0, 0.05) is 13.2 Å². The quantitative estimate of drug-likeness (QED) is 0.709. The summed E-state index contributed by atoms with van der Waals surface area (Å²) in [6, 6.07) is 1.07. The topological polar surface area (TPSA) is 132 Å². The lowest BCUT2D eigenvalue weighted by atomic mass is 10.4. The van der Waals surface area contributed by atoms with Gasteiger partial charge in [-0.25, -0.2) is 18.2 Å². The lowest BCUT2D eigenvalue weighted by Crippen LogP contribution is -2.26. The highest BCUT2D eigenvalue weighted by Gasteiger charge is 2.24. The van der Waals surface area contributed by atoms with Crippen LogP contribution < -0.4 is 0 Å². The second-order valence-electron chi connectivity index (χ2n) is 4.15. The maximum Gasteiger partial charge on any atom is 0.352 e. The van der Waals surface area contributed by atoms with Crippen LogP contribution in [0.25, 0.3) is 0 Å². The van der Waals surface area contributed by atoms with E-state index in [4.69, 9.17) is 5.11 Å². The van der Waals surface area contributed by atoms with E-state index in [1.807, 2.05) is 0 Å². The lowest BCUT2D eigenvalue weighted by Gasteiger charge is -2.13. The van der Waals surface area contributed by atoms with Gasteiger partial charge in [-0.05, 0) is 13.0 Å². The molecule has 0 radical (unpaired) electrons. The first-order chi connectivity index (χ1) is 9.30. The molecule has 2 rings (SSSR count). The van der Waals surface area contributed by atoms with E-state index >= 15 is 0 Å². The Bertz CT molecular complexity index is 732. The van der Waals surface area contributed by atoms with Crippen molar-refractivity contribution in [3.8, 4) is 0 Å². The van der Waals surface area contributed by atoms with Gasteiger partial charge in [0.1, 0.15) is 16.4 Å². The summed E-state index contributed by atoms with van der Waals surface area (Å²) in [5.74, 6) is -0.304. The van der Waals surface area contributed by atoms with Crippen LogP contribution in [0, 0.1) is 6.92 Å². The molecule has 0 atom stereocenters. The number of aryl methyl sites for hydroxylation is 1. The molecule has 9 nitrogen and oxygen atoms in total. The minimum atomic E-state index is -3.80. The van der Waals surface area contributed by atoms with Crippen LogP contribution in [0.5, 0.6) is 0 Å². The van der Waals surface area contributed by atoms with Crippen LogP contribution in [0.2, 0.25) is 0 Å². The van der Waals surface area contributed by atoms with Crippen molar-refractivity contribution in [3.63, 3.8) is 0 Å². The van der Waals surface area contributed by atoms with Crippen molar-refractivity contribution >= 4 is 16.0 Å². The van der Waals surface area contributed by atoms with E-state index in [1.54, 1.807) is 6.92 Å². The Morgan fingerprint density at radius 3 is 2.70 bits per heavy atom. The summed E-state index contributed by atoms with van der Waals surface area (Å²) in [4.78, 5) is 17.0. The zero-order valence-corrected chi connectivity index (χ0v) is 11.6. The van der Waals surface area contributed by atoms with Crippen molar-refractivity contribution < 1.29 is 18.3 Å². The molecule has 0 aliphatic carbocycles. The summed E-state index contributed by atoms with van der Waals surface area (Å²) in [6.07, 6.45) is 1.14. The molecule has 0 spiro atoms. The first-order valence-electron chi connectivity index (χ1n) is 5.56. The fraction of sp³-hybridized carbons (Fsp3) is 0.300. The highest BCUT2D eigenvalue weighted by atomic mass is 32.2. The first kappa shape index (κ1) is 14.2. The maximum absolute atomic E-state index is 12.2. The van der Waals surface area contributed by atoms with Crippen LogP contribution in [0.4, 0.5) is 0 Å². The number of hydrogen-bond acceptors (Lipinski definition) is 5. The number of rotatable bonds is 5. The summed E-state index contributed by atoms with van der Waals surface area (Å²) < 4.78 is 25.5. The number of aromatic nitrogens is 4. The highest BCUT2D eigenvalue weighted by Crippen LogP contribution is 2.16. The zero-order chi connectivity index (χ0) is 14.9. The second-order valence-corrected chi connectivity index (χ2v) is 6.20. The molecule has 0 unspecified atom stereocenters. The van der Waals surface area contributed by atoms with Gasteiger partial charge in [0.2, 0.25) is 10.0 Å². The Labute approximate surface area is 114 Å². The van der Waals surface area contributed by atoms with Crippen LogP contribution in [0.15, 0.2) is 17.2 Å². The fourth-order valence-corrected chi connectivity index (χ4v) is 2.69. The van der Waals surface area contributed by atoms with Crippen molar-refractivity contribution in [1.29, 1.82) is 0 Å². The summed E-state index contributed by atoms with van der Waals surface area (Å²) in [6.45, 7) is 1.69. The number of aromatic amines is 2. The van der Waals surface area contributed by atoms with Gasteiger partial charge in [-0.15, -0.1) is 0 Å². The smallest absolute Gasteiger partial charge is 0.352 e. The third-order valence-corrected chi connectivity index (χ3v) is 4.38. The molecule has 0 saturated heterocycles. The van der Waals surface area contributed by atoms with Gasteiger partial charge in [-0.3, -0.25) is 5.10 Å². The molecule has 10 heteroatoms. The first-order valence-corrected chi connectivity index (χ1v) is 7.00. The normalized spacial score (nSPS) is 11.9. The number of H-pyrrole nitrogens is 2. The molecular weight excluding hydrogens is 286 g/mol. The molecule has 20 heavy (non-hydrogen) atoms. The molecule has 0 aliphatic rings. The Hall–Kier alpha value is -2.20. The van der Waals surface area contributed by atoms with E-state index in [1.165, 1.54) is 7.05 Å². The van der Waals surface area contributed by atoms with Crippen LogP contribution in [-0.2, 0) is 16.6 Å². The van der Waals surface area contributed by atoms with Gasteiger partial charge in [0.15, 0.2) is 5.82 Å². The average Bonchev–Trinajstić information content (AvgIpc) is 2.98. The molecule has 2 aromatic rings. The number of nitrogens with one attached hydrogen (secondary N) is 2. The summed E-state index contributed by atoms with van der Waals surface area (Å²) >= 11 is 0. The van der Waals surface area contributed by atoms with E-state index in [0.717, 1.165) is 16.6 Å². The molecule has 2 heterocycles. The summed E-state index contributed by atoms with van der Waals surface area (Å²) in [7, 11) is -2.43. The number of carboxylic acid groups (broad SMARTS) is 1. The molecule has 0 saturated carbocycles. The van der Waals surface area contributed by atoms with Gasteiger partial charge in [-0.1, -0.05) is 0 Å². The van der Waals surface area contributed by atoms with Crippen molar-refractivity contribution in [2.45, 2.75) is 18.4 Å². The molecule has 2 aromatic heterocycles. The summed E-state index contributed by atoms with van der Waals surface area (Å²) in [5, 5.41) is 15.2. The van der Waals surface area contributed by atoms with Crippen LogP contribution in [-0.4, -0.2) is 51.0 Å². The monoisotopic (exact) mass is 299 g/mol. The Morgan fingerprint density at radius 2 is 2.20 bits per heavy atom. The van der Waals surface area contributed by atoms with Gasteiger partial charge in [0.25, 0.3) is 0 Å². The van der Waals surface area contributed by atoms with E-state index in [2.05, 4.69) is 20.2 Å². The van der Waals surface area contributed by atoms with E-state index < -0.39 is 16.0 Å². The number of sulfonamides is 1. The molecule has 0 amide bonds. The van der Waals surface area contributed by atoms with Gasteiger partial charge >= 0.3 is 5.97 Å². The third-order valence-electron chi connectivity index (χ3n) is 2.60. The van der Waals surface area contributed by atoms with E-state index in [-0.39, 0.29) is 17.1 Å². The lowest BCUT2D eigenvalue weighted by molar-refractivity contribution is 0.0691. The van der Waals surface area contributed by atoms with E-state index in [9.17, 15) is 13.2 Å². The largest absolute Gasteiger partial charge is 0.477 e. The number of hydrogen-bond donors (Lipinski definition) is 3. The molecule has 108 valence electrons. The Morgan fingerprint density at radius 1 is 1.50 bits per heavy atom. The van der Waals surface area contributed by atoms with Crippen molar-refractivity contribution in [3.05, 3.63) is 29.6 Å². The Kier molecular flexibility index (Phi) is 3.59. The molecule has 3 N–H and O–H groups in total. The molecular formula is C10H13N5O4S. The molecule has 0 aromatic carbocycles. The standard InChI is InChI=1S/C10H13N5O4S/c1-6-12-9(14-13-6)5-15(2)20(18,19)7-3-8(10(16)17)11-4-7/h3-4,11H,5H2,1-2H3,(H,16,17)(H,12,13,14). The zero-order valence-electron chi connectivity index (χ0n) is 10.8. The van der Waals surface area contributed by atoms with Crippen molar-refractivity contribution in [2.75, 3.05) is 7.05 Å². The van der Waals surface area contributed by atoms with Crippen LogP contribution in [0.1, 0.15) is 22.1 Å².